The van der Waals surface area contributed by atoms with E-state index in [9.17, 15) is 0 Å². The first kappa shape index (κ1) is 26.2. The molecule has 0 saturated heterocycles. The smallest absolute Gasteiger partial charge is 0.164 e. The van der Waals surface area contributed by atoms with Gasteiger partial charge in [-0.2, -0.15) is 0 Å². The van der Waals surface area contributed by atoms with E-state index in [4.69, 9.17) is 15.0 Å². The average Bonchev–Trinajstić information content (AvgIpc) is 3.15. The summed E-state index contributed by atoms with van der Waals surface area (Å²) < 4.78 is 0. The largest absolute Gasteiger partial charge is 0.265 e. The second kappa shape index (κ2) is 10.7. The molecule has 2 aromatic heterocycles. The Hall–Kier alpha value is -6.26. The van der Waals surface area contributed by atoms with Crippen LogP contribution in [-0.4, -0.2) is 19.9 Å². The third-order valence-electron chi connectivity index (χ3n) is 8.83. The Bertz CT molecular complexity index is 2480. The number of rotatable bonds is 4. The minimum Gasteiger partial charge on any atom is -0.265 e. The van der Waals surface area contributed by atoms with E-state index in [-0.39, 0.29) is 0 Å². The highest BCUT2D eigenvalue weighted by molar-refractivity contribution is 6.26. The van der Waals surface area contributed by atoms with E-state index in [1.165, 1.54) is 43.4 Å². The van der Waals surface area contributed by atoms with Crippen LogP contribution in [0.3, 0.4) is 0 Å². The van der Waals surface area contributed by atoms with E-state index in [0.29, 0.717) is 17.5 Å². The number of hydrogen-bond donors (Lipinski definition) is 0. The molecule has 0 bridgehead atoms. The predicted molar refractivity (Wildman–Crippen MR) is 189 cm³/mol. The van der Waals surface area contributed by atoms with Gasteiger partial charge in [-0.05, 0) is 78.5 Å². The summed E-state index contributed by atoms with van der Waals surface area (Å²) in [6.07, 6.45) is 3.53. The first-order valence-electron chi connectivity index (χ1n) is 15.4. The summed E-state index contributed by atoms with van der Waals surface area (Å²) in [5.41, 5.74) is 5.15. The van der Waals surface area contributed by atoms with Crippen molar-refractivity contribution >= 4 is 43.1 Å². The van der Waals surface area contributed by atoms with E-state index in [2.05, 4.69) is 108 Å². The maximum absolute atomic E-state index is 5.02. The highest BCUT2D eigenvalue weighted by Gasteiger charge is 2.17. The fourth-order valence-corrected chi connectivity index (χ4v) is 6.66. The van der Waals surface area contributed by atoms with Crippen LogP contribution in [0.5, 0.6) is 0 Å². The molecule has 0 saturated carbocycles. The normalized spacial score (nSPS) is 11.5. The van der Waals surface area contributed by atoms with Gasteiger partial charge in [-0.25, -0.2) is 15.0 Å². The molecule has 46 heavy (non-hydrogen) atoms. The molecule has 0 aliphatic rings. The quantitative estimate of drug-likeness (QED) is 0.193. The van der Waals surface area contributed by atoms with E-state index < -0.39 is 0 Å². The zero-order valence-electron chi connectivity index (χ0n) is 24.8. The molecule has 0 atom stereocenters. The first-order valence-corrected chi connectivity index (χ1v) is 15.4. The lowest BCUT2D eigenvalue weighted by Gasteiger charge is -2.15. The third-order valence-corrected chi connectivity index (χ3v) is 8.83. The Kier molecular flexibility index (Phi) is 6.10. The van der Waals surface area contributed by atoms with Crippen molar-refractivity contribution in [2.45, 2.75) is 0 Å². The Morgan fingerprint density at radius 3 is 1.37 bits per heavy atom. The number of hydrogen-bond acceptors (Lipinski definition) is 4. The topological polar surface area (TPSA) is 51.6 Å². The number of aromatic nitrogens is 4. The van der Waals surface area contributed by atoms with Gasteiger partial charge in [-0.1, -0.05) is 121 Å². The van der Waals surface area contributed by atoms with Gasteiger partial charge < -0.3 is 0 Å². The highest BCUT2D eigenvalue weighted by atomic mass is 15.0. The van der Waals surface area contributed by atoms with Crippen LogP contribution in [0.15, 0.2) is 158 Å². The van der Waals surface area contributed by atoms with Gasteiger partial charge in [0.1, 0.15) is 0 Å². The average molecular weight is 587 g/mol. The van der Waals surface area contributed by atoms with Gasteiger partial charge in [-0.15, -0.1) is 0 Å². The minimum absolute atomic E-state index is 0.619. The summed E-state index contributed by atoms with van der Waals surface area (Å²) in [6.45, 7) is 0. The van der Waals surface area contributed by atoms with Crippen molar-refractivity contribution in [3.63, 3.8) is 0 Å². The number of nitrogens with zero attached hydrogens (tertiary/aromatic N) is 4. The third kappa shape index (κ3) is 4.31. The SMILES string of the molecule is c1ccc(-c2nc(-c3ccncc3)nc(-c3ccc(-c4ccc5c6ccccc6c6ccccc6c5c4)c4ccccc34)n2)cc1. The van der Waals surface area contributed by atoms with Crippen LogP contribution >= 0.6 is 0 Å². The lowest BCUT2D eigenvalue weighted by Crippen LogP contribution is -2.00. The molecule has 4 heteroatoms. The molecule has 4 nitrogen and oxygen atoms in total. The van der Waals surface area contributed by atoms with Gasteiger partial charge in [0.15, 0.2) is 17.5 Å². The van der Waals surface area contributed by atoms with Crippen LogP contribution < -0.4 is 0 Å². The summed E-state index contributed by atoms with van der Waals surface area (Å²) >= 11 is 0. The fraction of sp³-hybridized carbons (Fsp3) is 0. The molecule has 0 radical (unpaired) electrons. The molecule has 214 valence electrons. The van der Waals surface area contributed by atoms with Gasteiger partial charge in [0.05, 0.1) is 0 Å². The Balaban J connectivity index is 1.26. The maximum atomic E-state index is 5.02. The van der Waals surface area contributed by atoms with Crippen LogP contribution in [0, 0.1) is 0 Å². The van der Waals surface area contributed by atoms with Gasteiger partial charge in [0.25, 0.3) is 0 Å². The van der Waals surface area contributed by atoms with Crippen molar-refractivity contribution < 1.29 is 0 Å². The summed E-state index contributed by atoms with van der Waals surface area (Å²) in [5.74, 6) is 1.90. The van der Waals surface area contributed by atoms with Crippen molar-refractivity contribution in [2.75, 3.05) is 0 Å². The zero-order valence-corrected chi connectivity index (χ0v) is 24.8. The fourth-order valence-electron chi connectivity index (χ4n) is 6.66. The first-order chi connectivity index (χ1) is 22.8. The molecule has 0 aliphatic carbocycles. The Labute approximate surface area is 265 Å². The van der Waals surface area contributed by atoms with E-state index in [1.54, 1.807) is 12.4 Å². The van der Waals surface area contributed by atoms with Gasteiger partial charge >= 0.3 is 0 Å². The van der Waals surface area contributed by atoms with Crippen molar-refractivity contribution in [1.82, 2.24) is 19.9 Å². The minimum atomic E-state index is 0.619. The van der Waals surface area contributed by atoms with Gasteiger partial charge in [-0.3, -0.25) is 4.98 Å². The number of fused-ring (bicyclic) bond motifs is 7. The van der Waals surface area contributed by atoms with Crippen molar-refractivity contribution in [2.24, 2.45) is 0 Å². The summed E-state index contributed by atoms with van der Waals surface area (Å²) in [7, 11) is 0. The van der Waals surface area contributed by atoms with Crippen molar-refractivity contribution in [3.05, 3.63) is 158 Å². The van der Waals surface area contributed by atoms with Crippen LogP contribution in [0.1, 0.15) is 0 Å². The number of pyridine rings is 1. The Morgan fingerprint density at radius 1 is 0.283 bits per heavy atom. The highest BCUT2D eigenvalue weighted by Crippen LogP contribution is 2.40. The standard InChI is InChI=1S/C42H26N4/c1-2-10-27(11-3-1)40-44-41(28-22-24-43-25-23-28)46-42(45-40)38-21-20-30(31-12-4-8-16-35(31)38)29-18-19-37-34-15-6-5-13-32(34)33-14-7-9-17-36(33)39(37)26-29/h1-26H. The number of benzene rings is 7. The Morgan fingerprint density at radius 2 is 0.739 bits per heavy atom. The second-order valence-corrected chi connectivity index (χ2v) is 11.5. The van der Waals surface area contributed by atoms with Gasteiger partial charge in [0, 0.05) is 29.1 Å². The second-order valence-electron chi connectivity index (χ2n) is 11.5. The predicted octanol–water partition coefficient (Wildman–Crippen LogP) is 10.5. The summed E-state index contributed by atoms with van der Waals surface area (Å²) in [5, 5.41) is 9.86. The van der Waals surface area contributed by atoms with Crippen LogP contribution in [0.4, 0.5) is 0 Å². The van der Waals surface area contributed by atoms with Crippen LogP contribution in [0.2, 0.25) is 0 Å². The lowest BCUT2D eigenvalue weighted by atomic mass is 9.90. The molecule has 0 unspecified atom stereocenters. The molecular formula is C42H26N4. The van der Waals surface area contributed by atoms with Gasteiger partial charge in [0.2, 0.25) is 0 Å². The van der Waals surface area contributed by atoms with Crippen LogP contribution in [-0.2, 0) is 0 Å². The summed E-state index contributed by atoms with van der Waals surface area (Å²) in [4.78, 5) is 19.1. The molecule has 0 spiro atoms. The maximum Gasteiger partial charge on any atom is 0.164 e. The molecule has 2 heterocycles. The zero-order chi connectivity index (χ0) is 30.5. The molecule has 0 N–H and O–H groups in total. The molecule has 9 aromatic rings. The van der Waals surface area contributed by atoms with Crippen LogP contribution in [0.25, 0.3) is 88.4 Å². The lowest BCUT2D eigenvalue weighted by molar-refractivity contribution is 1.07. The van der Waals surface area contributed by atoms with Crippen molar-refractivity contribution in [3.8, 4) is 45.3 Å². The summed E-state index contributed by atoms with van der Waals surface area (Å²) in [6, 6.07) is 51.1. The molecule has 0 aliphatic heterocycles. The van der Waals surface area contributed by atoms with Crippen molar-refractivity contribution in [1.29, 1.82) is 0 Å². The molecule has 0 amide bonds. The van der Waals surface area contributed by atoms with E-state index in [0.717, 1.165) is 27.5 Å². The monoisotopic (exact) mass is 586 g/mol. The molecule has 0 fully saturated rings. The van der Waals surface area contributed by atoms with E-state index in [1.807, 2.05) is 42.5 Å². The van der Waals surface area contributed by atoms with E-state index >= 15 is 0 Å². The molecule has 7 aromatic carbocycles. The molecular weight excluding hydrogens is 560 g/mol. The molecule has 9 rings (SSSR count).